The van der Waals surface area contributed by atoms with Gasteiger partial charge in [0.05, 0.1) is 5.41 Å². The van der Waals surface area contributed by atoms with Crippen LogP contribution < -0.4 is 47.4 Å². The number of hydrogen-bond donors (Lipinski definition) is 8. The summed E-state index contributed by atoms with van der Waals surface area (Å²) in [6.07, 6.45) is 14.7. The number of likely N-dealkylation sites (N-methyl/N-ethyl adjacent to an activating group) is 1. The molecule has 4 aliphatic rings. The van der Waals surface area contributed by atoms with Gasteiger partial charge in [-0.15, -0.1) is 0 Å². The molecule has 0 radical (unpaired) electrons. The van der Waals surface area contributed by atoms with Crippen molar-refractivity contribution >= 4 is 65.4 Å². The lowest BCUT2D eigenvalue weighted by Gasteiger charge is -2.55. The Morgan fingerprint density at radius 1 is 0.612 bits per heavy atom. The first-order valence-corrected chi connectivity index (χ1v) is 31.7. The Hall–Kier alpha value is -5.86. The molecule has 1 aromatic rings. The van der Waals surface area contributed by atoms with Gasteiger partial charge < -0.3 is 47.4 Å². The van der Waals surface area contributed by atoms with Crippen molar-refractivity contribution in [3.05, 3.63) is 18.3 Å². The van der Waals surface area contributed by atoms with E-state index in [1.54, 1.807) is 22.9 Å². The number of amides is 9. The van der Waals surface area contributed by atoms with Gasteiger partial charge in [-0.1, -0.05) is 87.0 Å². The minimum Gasteiger partial charge on any atom is -0.354 e. The maximum absolute atomic E-state index is 14.8. The summed E-state index contributed by atoms with van der Waals surface area (Å²) in [6, 6.07) is -1.19. The van der Waals surface area contributed by atoms with Crippen LogP contribution in [0.25, 0.3) is 0 Å². The van der Waals surface area contributed by atoms with Crippen molar-refractivity contribution in [2.45, 2.75) is 253 Å². The Bertz CT molecular complexity index is 2430. The highest BCUT2D eigenvalue weighted by Crippen LogP contribution is 2.60. The van der Waals surface area contributed by atoms with Gasteiger partial charge >= 0.3 is 0 Å². The van der Waals surface area contributed by atoms with Crippen molar-refractivity contribution in [3.8, 4) is 0 Å². The normalized spacial score (nSPS) is 20.2. The minimum atomic E-state index is -1.65. The summed E-state index contributed by atoms with van der Waals surface area (Å²) in [6.45, 7) is 24.9. The minimum absolute atomic E-state index is 0.0299. The SMILES string of the molecule is CCCCCCCC[C@@H](C(=O)N[C@@H](CC(C)C)C(=O)NC(C)(C)C(=O)N[C@@H](CC(C)C)C(=O)N[C@@H](CC(C)C)C(=O)NC(C)(C)C(=O)NC(C)(C)C(=O)NCCC(=O)N[C@@H](C)CN(C)C)N(C=O)c1cccn1C(=O)C12CC3CC(CC(C3)C1)C2. The number of unbranched alkanes of at least 4 members (excludes halogenated alkanes) is 5. The molecule has 21 nitrogen and oxygen atoms in total. The second-order valence-corrected chi connectivity index (χ2v) is 28.4. The monoisotopic (exact) mass is 1190 g/mol. The second kappa shape index (κ2) is 31.7. The van der Waals surface area contributed by atoms with Gasteiger partial charge in [-0.25, -0.2) is 0 Å². The van der Waals surface area contributed by atoms with E-state index in [0.29, 0.717) is 42.9 Å². The lowest BCUT2D eigenvalue weighted by molar-refractivity contribution is -0.139. The van der Waals surface area contributed by atoms with Crippen LogP contribution in [0.5, 0.6) is 0 Å². The smallest absolute Gasteiger partial charge is 0.246 e. The molecule has 1 aromatic heterocycles. The molecule has 0 saturated heterocycles. The molecule has 0 aliphatic heterocycles. The maximum atomic E-state index is 14.8. The van der Waals surface area contributed by atoms with E-state index in [4.69, 9.17) is 0 Å². The number of rotatable bonds is 36. The van der Waals surface area contributed by atoms with Crippen molar-refractivity contribution in [3.63, 3.8) is 0 Å². The fourth-order valence-corrected chi connectivity index (χ4v) is 13.0. The van der Waals surface area contributed by atoms with Crippen LogP contribution in [-0.2, 0) is 43.2 Å². The summed E-state index contributed by atoms with van der Waals surface area (Å²) in [5, 5.41) is 22.4. The highest BCUT2D eigenvalue weighted by Gasteiger charge is 2.55. The first-order valence-electron chi connectivity index (χ1n) is 31.7. The van der Waals surface area contributed by atoms with Gasteiger partial charge in [-0.2, -0.15) is 0 Å². The van der Waals surface area contributed by atoms with Crippen molar-refractivity contribution in [1.82, 2.24) is 52.0 Å². The van der Waals surface area contributed by atoms with E-state index in [9.17, 15) is 47.9 Å². The van der Waals surface area contributed by atoms with E-state index in [2.05, 4.69) is 49.5 Å². The Balaban J connectivity index is 1.47. The van der Waals surface area contributed by atoms with Crippen LogP contribution >= 0.6 is 0 Å². The second-order valence-electron chi connectivity index (χ2n) is 28.4. The van der Waals surface area contributed by atoms with Crippen molar-refractivity contribution in [1.29, 1.82) is 0 Å². The molecule has 85 heavy (non-hydrogen) atoms. The summed E-state index contributed by atoms with van der Waals surface area (Å²) in [4.78, 5) is 143. The van der Waals surface area contributed by atoms with Crippen molar-refractivity contribution < 1.29 is 47.9 Å². The summed E-state index contributed by atoms with van der Waals surface area (Å²) in [5.74, 6) is -3.23. The van der Waals surface area contributed by atoms with Crippen LogP contribution in [0.3, 0.4) is 0 Å². The fourth-order valence-electron chi connectivity index (χ4n) is 13.0. The third kappa shape index (κ3) is 21.2. The van der Waals surface area contributed by atoms with Gasteiger partial charge in [-0.3, -0.25) is 57.4 Å². The van der Waals surface area contributed by atoms with Crippen LogP contribution in [0.4, 0.5) is 5.82 Å². The molecule has 0 aromatic carbocycles. The predicted molar refractivity (Wildman–Crippen MR) is 331 cm³/mol. The van der Waals surface area contributed by atoms with Gasteiger partial charge in [0.1, 0.15) is 46.6 Å². The lowest BCUT2D eigenvalue weighted by Crippen LogP contribution is -2.65. The van der Waals surface area contributed by atoms with E-state index in [0.717, 1.165) is 70.6 Å². The molecule has 21 heteroatoms. The molecule has 8 N–H and O–H groups in total. The molecular weight excluding hydrogens is 1080 g/mol. The first kappa shape index (κ1) is 71.6. The summed E-state index contributed by atoms with van der Waals surface area (Å²) in [5.41, 5.74) is -5.18. The van der Waals surface area contributed by atoms with E-state index in [1.165, 1.54) is 46.4 Å². The Morgan fingerprint density at radius 3 is 1.58 bits per heavy atom. The van der Waals surface area contributed by atoms with Crippen LogP contribution in [0.15, 0.2) is 18.3 Å². The zero-order chi connectivity index (χ0) is 63.8. The quantitative estimate of drug-likeness (QED) is 0.0274. The van der Waals surface area contributed by atoms with E-state index < -0.39 is 87.5 Å². The molecular formula is C64H109N11O10. The summed E-state index contributed by atoms with van der Waals surface area (Å²) >= 11 is 0. The fraction of sp³-hybridized carbons (Fsp3) is 0.781. The molecule has 1 heterocycles. The Morgan fingerprint density at radius 2 is 1.08 bits per heavy atom. The number of carbonyl (C=O) groups excluding carboxylic acids is 10. The van der Waals surface area contributed by atoms with Gasteiger partial charge in [0, 0.05) is 31.7 Å². The molecule has 4 fully saturated rings. The molecule has 0 spiro atoms. The number of nitrogens with zero attached hydrogens (tertiary/aromatic N) is 3. The van der Waals surface area contributed by atoms with Gasteiger partial charge in [0.15, 0.2) is 0 Å². The number of carbonyl (C=O) groups is 10. The summed E-state index contributed by atoms with van der Waals surface area (Å²) < 4.78 is 1.57. The average Bonchev–Trinajstić information content (AvgIpc) is 3.54. The molecule has 5 rings (SSSR count). The molecule has 4 saturated carbocycles. The number of anilines is 1. The molecule has 480 valence electrons. The number of hydrogen-bond acceptors (Lipinski definition) is 11. The molecule has 4 aliphatic carbocycles. The Kier molecular flexibility index (Phi) is 26.7. The predicted octanol–water partition coefficient (Wildman–Crippen LogP) is 6.28. The molecule has 4 bridgehead atoms. The molecule has 5 atom stereocenters. The van der Waals surface area contributed by atoms with E-state index >= 15 is 0 Å². The maximum Gasteiger partial charge on any atom is 0.246 e. The third-order valence-electron chi connectivity index (χ3n) is 17.0. The highest BCUT2D eigenvalue weighted by atomic mass is 16.2. The Labute approximate surface area is 507 Å². The zero-order valence-electron chi connectivity index (χ0n) is 54.5. The number of nitrogens with one attached hydrogen (secondary N) is 8. The first-order chi connectivity index (χ1) is 39.6. The standard InChI is InChI=1S/C64H109N11O10/c1-17-18-19-20-21-22-24-50(75(39-76)52-25-23-28-74(52)60(85)64-35-44-32-45(36-64)34-46(33-44)37-64)56(81)68-49(31-42(6)7)55(80)70-62(11,12)58(83)69-47(29-40(2)3)53(78)67-48(30-41(4)5)54(79)71-63(13,14)59(84)72-61(9,10)57(82)65-27-26-51(77)66-43(8)38-73(15)16/h23,25,28,39-50H,17-22,24,26-27,29-38H2,1-16H3,(H,65,82)(H,66,77)(H,67,78)(H,68,81)(H,69,83)(H,70,80)(H,71,79)(H,72,84)/t43-,44?,45?,46?,47-,48-,49-,50-,64?/m0/s1. The highest BCUT2D eigenvalue weighted by molar-refractivity contribution is 6.01. The lowest BCUT2D eigenvalue weighted by atomic mass is 9.49. The largest absolute Gasteiger partial charge is 0.354 e. The number of aromatic nitrogens is 1. The van der Waals surface area contributed by atoms with E-state index in [1.807, 2.05) is 67.5 Å². The molecule has 0 unspecified atom stereocenters. The van der Waals surface area contributed by atoms with Crippen LogP contribution in [0, 0.1) is 40.9 Å². The topological polar surface area (TPSA) is 278 Å². The van der Waals surface area contributed by atoms with Crippen molar-refractivity contribution in [2.24, 2.45) is 40.9 Å². The summed E-state index contributed by atoms with van der Waals surface area (Å²) in [7, 11) is 3.80. The third-order valence-corrected chi connectivity index (χ3v) is 17.0. The van der Waals surface area contributed by atoms with Crippen LogP contribution in [-0.4, -0.2) is 143 Å². The van der Waals surface area contributed by atoms with Crippen molar-refractivity contribution in [2.75, 3.05) is 32.1 Å². The zero-order valence-corrected chi connectivity index (χ0v) is 54.5. The van der Waals surface area contributed by atoms with Gasteiger partial charge in [-0.05, 0) is 174 Å². The molecule has 9 amide bonds. The van der Waals surface area contributed by atoms with E-state index in [-0.39, 0.29) is 74.3 Å². The average molecular weight is 1190 g/mol. The van der Waals surface area contributed by atoms with Gasteiger partial charge in [0.2, 0.25) is 59.6 Å². The van der Waals surface area contributed by atoms with Crippen LogP contribution in [0.1, 0.15) is 211 Å². The van der Waals surface area contributed by atoms with Gasteiger partial charge in [0.25, 0.3) is 0 Å². The van der Waals surface area contributed by atoms with Crippen LogP contribution in [0.2, 0.25) is 0 Å².